The van der Waals surface area contributed by atoms with Crippen LogP contribution in [0.4, 0.5) is 12.9 Å². The smallest absolute Gasteiger partial charge is 0.726 e. The molecule has 0 amide bonds. The Bertz CT molecular complexity index is 206. The van der Waals surface area contributed by atoms with E-state index >= 15 is 0 Å². The predicted molar refractivity (Wildman–Crippen MR) is 34.9 cm³/mol. The minimum atomic E-state index is -4.51. The summed E-state index contributed by atoms with van der Waals surface area (Å²) in [7, 11) is -8.17. The molecule has 0 rings (SSSR count). The molecule has 0 spiro atoms. The van der Waals surface area contributed by atoms with Gasteiger partial charge in [0, 0.05) is 0 Å². The first-order valence-corrected chi connectivity index (χ1v) is 3.76. The third kappa shape index (κ3) is 47.7. The van der Waals surface area contributed by atoms with Gasteiger partial charge in [0.2, 0.25) is 10.4 Å². The molecule has 0 fully saturated rings. The average molecular weight is 212 g/mol. The van der Waals surface area contributed by atoms with Crippen LogP contribution in [0.15, 0.2) is 12.7 Å². The molecular weight excluding hydrogens is 207 g/mol. The van der Waals surface area contributed by atoms with Gasteiger partial charge in [-0.05, 0) is 0 Å². The Hall–Kier alpha value is 0.0623. The summed E-state index contributed by atoms with van der Waals surface area (Å²) in [4.78, 5) is 0. The molecule has 0 aliphatic carbocycles. The Morgan fingerprint density at radius 1 is 1.46 bits per heavy atom. The van der Waals surface area contributed by atoms with Crippen LogP contribution in [0, 0.1) is 0 Å². The summed E-state index contributed by atoms with van der Waals surface area (Å²) in [5, 5.41) is 0. The van der Waals surface area contributed by atoms with Crippen LogP contribution in [0.2, 0.25) is 0 Å². The molecule has 0 saturated heterocycles. The fraction of sp³-hybridized carbons (Fsp3) is 0.333. The number of hydrogen-bond donors (Lipinski definition) is 0. The summed E-state index contributed by atoms with van der Waals surface area (Å²) in [6.07, 6.45) is 1.18. The maximum atomic E-state index is 9.67. The maximum Gasteiger partial charge on any atom is 1.00 e. The molecule has 0 heterocycles. The zero-order valence-electron chi connectivity index (χ0n) is 6.74. The van der Waals surface area contributed by atoms with Gasteiger partial charge in [0.25, 0.3) is 0 Å². The minimum absolute atomic E-state index is 0. The van der Waals surface area contributed by atoms with Crippen LogP contribution in [0.1, 0.15) is 0 Å². The second kappa shape index (κ2) is 10.1. The first kappa shape index (κ1) is 18.8. The van der Waals surface area contributed by atoms with Crippen LogP contribution in [0.3, 0.4) is 0 Å². The van der Waals surface area contributed by atoms with E-state index in [4.69, 9.17) is 0 Å². The molecule has 0 radical (unpaired) electrons. The Morgan fingerprint density at radius 2 is 1.77 bits per heavy atom. The summed E-state index contributed by atoms with van der Waals surface area (Å²) >= 11 is 0. The summed E-state index contributed by atoms with van der Waals surface area (Å²) in [6, 6.07) is 0. The van der Waals surface area contributed by atoms with Gasteiger partial charge in [-0.25, -0.2) is 8.42 Å². The van der Waals surface area contributed by atoms with Crippen LogP contribution in [-0.2, 0) is 14.6 Å². The first-order chi connectivity index (χ1) is 5.29. The molecule has 10 heteroatoms. The first-order valence-electron chi connectivity index (χ1n) is 2.43. The predicted octanol–water partition coefficient (Wildman–Crippen LogP) is -2.47. The number of rotatable bonds is 3. The Morgan fingerprint density at radius 3 is 1.85 bits per heavy atom. The molecule has 0 bridgehead atoms. The average Bonchev–Trinajstić information content (AvgIpc) is 1.80. The van der Waals surface area contributed by atoms with Gasteiger partial charge < -0.3 is 4.55 Å². The molecule has 72 valence electrons. The van der Waals surface area contributed by atoms with Crippen molar-refractivity contribution in [3.8, 4) is 0 Å². The standard InChI is InChI=1S/C3H6O4S.BF3.Li/c1-2-3-7-8(4,5)6;2-1(3)4;/h2H,1,3H2,(H,4,5,6);;/q;;+1/p-1. The molecule has 0 saturated carbocycles. The van der Waals surface area contributed by atoms with Crippen LogP contribution in [0.25, 0.3) is 0 Å². The third-order valence-corrected chi connectivity index (χ3v) is 0.755. The number of halogens is 3. The zero-order valence-corrected chi connectivity index (χ0v) is 7.56. The second-order valence-corrected chi connectivity index (χ2v) is 2.28. The minimum Gasteiger partial charge on any atom is -0.726 e. The van der Waals surface area contributed by atoms with Gasteiger partial charge in [-0.1, -0.05) is 6.08 Å². The van der Waals surface area contributed by atoms with Crippen molar-refractivity contribution < 1.29 is 49.0 Å². The van der Waals surface area contributed by atoms with Gasteiger partial charge in [0.15, 0.2) is 0 Å². The monoisotopic (exact) mass is 212 g/mol. The van der Waals surface area contributed by atoms with Crippen LogP contribution < -0.4 is 18.9 Å². The van der Waals surface area contributed by atoms with Crippen molar-refractivity contribution in [2.75, 3.05) is 6.61 Å². The maximum absolute atomic E-state index is 9.67. The molecule has 0 aliphatic heterocycles. The van der Waals surface area contributed by atoms with Crippen molar-refractivity contribution in [3.63, 3.8) is 0 Å². The quantitative estimate of drug-likeness (QED) is 0.225. The molecule has 0 aromatic carbocycles. The summed E-state index contributed by atoms with van der Waals surface area (Å²) in [5.41, 5.74) is 0. The van der Waals surface area contributed by atoms with Gasteiger partial charge in [0.1, 0.15) is 0 Å². The van der Waals surface area contributed by atoms with Crippen molar-refractivity contribution in [3.05, 3.63) is 12.7 Å². The summed E-state index contributed by atoms with van der Waals surface area (Å²) in [6.45, 7) is 2.88. The van der Waals surface area contributed by atoms with Crippen molar-refractivity contribution in [2.45, 2.75) is 0 Å². The largest absolute Gasteiger partial charge is 1.00 e. The van der Waals surface area contributed by atoms with Gasteiger partial charge in [-0.3, -0.25) is 17.1 Å². The SMILES string of the molecule is C=CCOS(=O)(=O)[O-].FB(F)F.[Li+]. The van der Waals surface area contributed by atoms with E-state index in [1.165, 1.54) is 6.08 Å². The summed E-state index contributed by atoms with van der Waals surface area (Å²) in [5.74, 6) is 0. The third-order valence-electron chi connectivity index (χ3n) is 0.330. The Kier molecular flexibility index (Phi) is 14.6. The van der Waals surface area contributed by atoms with E-state index in [0.29, 0.717) is 0 Å². The molecular formula is C3H5BF3LiO4S. The fourth-order valence-corrected chi connectivity index (χ4v) is 0.394. The van der Waals surface area contributed by atoms with Crippen molar-refractivity contribution in [1.29, 1.82) is 0 Å². The molecule has 0 atom stereocenters. The van der Waals surface area contributed by atoms with Gasteiger partial charge in [-0.15, -0.1) is 6.58 Å². The van der Waals surface area contributed by atoms with E-state index in [1.807, 2.05) is 0 Å². The van der Waals surface area contributed by atoms with Crippen LogP contribution >= 0.6 is 0 Å². The fourth-order valence-electron chi connectivity index (χ4n) is 0.131. The molecule has 0 N–H and O–H groups in total. The van der Waals surface area contributed by atoms with Gasteiger partial charge in [0.05, 0.1) is 6.61 Å². The molecule has 0 aromatic rings. The molecule has 4 nitrogen and oxygen atoms in total. The molecule has 0 aliphatic rings. The van der Waals surface area contributed by atoms with Crippen molar-refractivity contribution >= 4 is 17.9 Å². The van der Waals surface area contributed by atoms with Gasteiger partial charge >= 0.3 is 26.4 Å². The molecule has 0 aromatic heterocycles. The molecule has 0 unspecified atom stereocenters. The van der Waals surface area contributed by atoms with Crippen molar-refractivity contribution in [2.24, 2.45) is 0 Å². The van der Waals surface area contributed by atoms with Crippen LogP contribution in [0.5, 0.6) is 0 Å². The van der Waals surface area contributed by atoms with E-state index in [0.717, 1.165) is 0 Å². The van der Waals surface area contributed by atoms with Gasteiger partial charge in [-0.2, -0.15) is 0 Å². The normalized spacial score (nSPS) is 8.92. The van der Waals surface area contributed by atoms with E-state index in [-0.39, 0.29) is 25.5 Å². The van der Waals surface area contributed by atoms with E-state index in [9.17, 15) is 25.9 Å². The van der Waals surface area contributed by atoms with E-state index in [2.05, 4.69) is 10.8 Å². The second-order valence-electron chi connectivity index (χ2n) is 1.23. The van der Waals surface area contributed by atoms with E-state index in [1.54, 1.807) is 0 Å². The summed E-state index contributed by atoms with van der Waals surface area (Å²) < 4.78 is 61.4. The molecule has 13 heavy (non-hydrogen) atoms. The topological polar surface area (TPSA) is 66.4 Å². The van der Waals surface area contributed by atoms with Crippen LogP contribution in [-0.4, -0.2) is 27.1 Å². The Balaban J connectivity index is -0.000000173. The van der Waals surface area contributed by atoms with E-state index < -0.39 is 17.9 Å². The van der Waals surface area contributed by atoms with Crippen molar-refractivity contribution in [1.82, 2.24) is 0 Å². The zero-order chi connectivity index (χ0) is 10.2. The number of hydrogen-bond acceptors (Lipinski definition) is 4. The Labute approximate surface area is 86.5 Å².